The molecule has 1 unspecified atom stereocenters. The number of aromatic nitrogens is 1. The first-order valence-electron chi connectivity index (χ1n) is 10.6. The lowest BCUT2D eigenvalue weighted by Gasteiger charge is -2.16. The lowest BCUT2D eigenvalue weighted by molar-refractivity contribution is 0.102. The normalized spacial score (nSPS) is 14.9. The number of nitrogens with zero attached hydrogens (tertiary/aromatic N) is 2. The molecule has 1 saturated carbocycles. The number of anilines is 3. The van der Waals surface area contributed by atoms with Crippen molar-refractivity contribution in [2.45, 2.75) is 25.9 Å². The lowest BCUT2D eigenvalue weighted by atomic mass is 10.1. The molecule has 2 aliphatic rings. The molecule has 9 heteroatoms. The average molecular weight is 444 g/mol. The first kappa shape index (κ1) is 20.7. The van der Waals surface area contributed by atoms with Crippen LogP contribution in [0.5, 0.6) is 5.75 Å². The molecule has 0 bridgehead atoms. The number of benzene rings is 2. The Morgan fingerprint density at radius 2 is 2.06 bits per heavy atom. The summed E-state index contributed by atoms with van der Waals surface area (Å²) < 4.78 is 20.4. The Balaban J connectivity index is 1.36. The second-order valence-corrected chi connectivity index (χ2v) is 8.10. The number of carbonyl (C=O) groups is 1. The van der Waals surface area contributed by atoms with Crippen LogP contribution in [0.2, 0.25) is 0 Å². The van der Waals surface area contributed by atoms with Gasteiger partial charge in [-0.2, -0.15) is 5.26 Å². The topological polar surface area (TPSA) is 111 Å². The van der Waals surface area contributed by atoms with Gasteiger partial charge in [-0.1, -0.05) is 0 Å². The summed E-state index contributed by atoms with van der Waals surface area (Å²) in [6.45, 7) is 1.99. The SMILES string of the molecule is CC(Oc1ccc(NC(=O)c2cc(-c3ccc4c(n3)NNN4)ccc2F)cc1C#N)C1CC1. The number of amides is 1. The molecule has 0 spiro atoms. The van der Waals surface area contributed by atoms with Gasteiger partial charge in [-0.15, -0.1) is 5.53 Å². The monoisotopic (exact) mass is 444 g/mol. The quantitative estimate of drug-likeness (QED) is 0.445. The number of hydrogen-bond donors (Lipinski definition) is 4. The minimum Gasteiger partial charge on any atom is -0.489 e. The number of fused-ring (bicyclic) bond motifs is 1. The van der Waals surface area contributed by atoms with Gasteiger partial charge in [0.05, 0.1) is 28.6 Å². The van der Waals surface area contributed by atoms with Crippen LogP contribution in [0, 0.1) is 23.1 Å². The molecule has 1 amide bonds. The molecule has 2 heterocycles. The third-order valence-corrected chi connectivity index (χ3v) is 5.74. The predicted molar refractivity (Wildman–Crippen MR) is 122 cm³/mol. The summed E-state index contributed by atoms with van der Waals surface area (Å²) in [5.74, 6) is 0.321. The highest BCUT2D eigenvalue weighted by molar-refractivity contribution is 6.05. The van der Waals surface area contributed by atoms with Gasteiger partial charge in [0.15, 0.2) is 5.82 Å². The number of nitriles is 1. The van der Waals surface area contributed by atoms with Crippen LogP contribution in [-0.2, 0) is 0 Å². The summed E-state index contributed by atoms with van der Waals surface area (Å²) in [5.41, 5.74) is 11.0. The number of hydrogen-bond acceptors (Lipinski definition) is 7. The molecule has 166 valence electrons. The number of carbonyl (C=O) groups excluding carboxylic acids is 1. The summed E-state index contributed by atoms with van der Waals surface area (Å²) in [6, 6.07) is 14.8. The first-order chi connectivity index (χ1) is 16.0. The minimum atomic E-state index is -0.655. The molecule has 0 saturated heterocycles. The second-order valence-electron chi connectivity index (χ2n) is 8.10. The van der Waals surface area contributed by atoms with Crippen LogP contribution in [0.3, 0.4) is 0 Å². The van der Waals surface area contributed by atoms with Gasteiger partial charge < -0.3 is 15.5 Å². The maximum Gasteiger partial charge on any atom is 0.258 e. The van der Waals surface area contributed by atoms with Crippen LogP contribution >= 0.6 is 0 Å². The van der Waals surface area contributed by atoms with Crippen LogP contribution in [0.15, 0.2) is 48.5 Å². The van der Waals surface area contributed by atoms with Crippen LogP contribution in [0.1, 0.15) is 35.7 Å². The van der Waals surface area contributed by atoms with Crippen LogP contribution in [0.4, 0.5) is 21.6 Å². The van der Waals surface area contributed by atoms with Crippen LogP contribution in [-0.4, -0.2) is 17.0 Å². The molecule has 1 atom stereocenters. The fourth-order valence-electron chi connectivity index (χ4n) is 3.69. The highest BCUT2D eigenvalue weighted by atomic mass is 19.1. The molecular formula is C24H21FN6O2. The van der Waals surface area contributed by atoms with Crippen molar-refractivity contribution in [2.75, 3.05) is 16.2 Å². The fourth-order valence-corrected chi connectivity index (χ4v) is 3.69. The minimum absolute atomic E-state index is 0.0314. The molecule has 1 aromatic heterocycles. The van der Waals surface area contributed by atoms with E-state index in [2.05, 4.69) is 32.8 Å². The van der Waals surface area contributed by atoms with Gasteiger partial charge in [0.25, 0.3) is 5.91 Å². The number of ether oxygens (including phenoxy) is 1. The van der Waals surface area contributed by atoms with E-state index in [-0.39, 0.29) is 11.7 Å². The van der Waals surface area contributed by atoms with Crippen molar-refractivity contribution >= 4 is 23.1 Å². The van der Waals surface area contributed by atoms with Crippen LogP contribution in [0.25, 0.3) is 11.3 Å². The number of halogens is 1. The molecule has 0 radical (unpaired) electrons. The molecule has 5 rings (SSSR count). The van der Waals surface area contributed by atoms with Crippen molar-refractivity contribution in [2.24, 2.45) is 5.92 Å². The Morgan fingerprint density at radius 3 is 2.85 bits per heavy atom. The Morgan fingerprint density at radius 1 is 1.21 bits per heavy atom. The van der Waals surface area contributed by atoms with Gasteiger partial charge >= 0.3 is 0 Å². The number of nitrogens with one attached hydrogen (secondary N) is 4. The number of pyridine rings is 1. The van der Waals surface area contributed by atoms with Gasteiger partial charge in [0.1, 0.15) is 17.6 Å². The van der Waals surface area contributed by atoms with E-state index in [0.717, 1.165) is 18.5 Å². The Hall–Kier alpha value is -4.16. The fraction of sp³-hybridized carbons (Fsp3) is 0.208. The van der Waals surface area contributed by atoms with Crippen molar-refractivity contribution in [3.8, 4) is 23.1 Å². The third kappa shape index (κ3) is 4.29. The molecule has 1 fully saturated rings. The van der Waals surface area contributed by atoms with E-state index >= 15 is 0 Å². The Bertz CT molecular complexity index is 1280. The third-order valence-electron chi connectivity index (χ3n) is 5.74. The van der Waals surface area contributed by atoms with E-state index in [1.54, 1.807) is 24.3 Å². The summed E-state index contributed by atoms with van der Waals surface area (Å²) in [7, 11) is 0. The summed E-state index contributed by atoms with van der Waals surface area (Å²) in [6.07, 6.45) is 2.30. The zero-order valence-electron chi connectivity index (χ0n) is 17.8. The highest BCUT2D eigenvalue weighted by Crippen LogP contribution is 2.36. The highest BCUT2D eigenvalue weighted by Gasteiger charge is 2.30. The zero-order chi connectivity index (χ0) is 22.9. The van der Waals surface area contributed by atoms with E-state index in [0.29, 0.717) is 40.0 Å². The molecule has 3 aromatic rings. The summed E-state index contributed by atoms with van der Waals surface area (Å²) in [5, 5.41) is 12.2. The summed E-state index contributed by atoms with van der Waals surface area (Å²) >= 11 is 0. The van der Waals surface area contributed by atoms with Gasteiger partial charge in [0.2, 0.25) is 0 Å². The Labute approximate surface area is 189 Å². The molecule has 1 aliphatic carbocycles. The van der Waals surface area contributed by atoms with Crippen LogP contribution < -0.4 is 26.4 Å². The predicted octanol–water partition coefficient (Wildman–Crippen LogP) is 4.45. The number of hydrazine groups is 2. The molecule has 2 aromatic carbocycles. The lowest BCUT2D eigenvalue weighted by Crippen LogP contribution is -2.19. The van der Waals surface area contributed by atoms with Crippen molar-refractivity contribution in [1.29, 1.82) is 5.26 Å². The van der Waals surface area contributed by atoms with Gasteiger partial charge in [0, 0.05) is 11.3 Å². The molecule has 1 aliphatic heterocycles. The summed E-state index contributed by atoms with van der Waals surface area (Å²) in [4.78, 5) is 17.3. The smallest absolute Gasteiger partial charge is 0.258 e. The van der Waals surface area contributed by atoms with Crippen molar-refractivity contribution < 1.29 is 13.9 Å². The van der Waals surface area contributed by atoms with Gasteiger partial charge in [-0.05, 0) is 74.2 Å². The second kappa shape index (κ2) is 8.41. The Kier molecular flexibility index (Phi) is 5.28. The molecular weight excluding hydrogens is 423 g/mol. The average Bonchev–Trinajstić information content (AvgIpc) is 3.57. The van der Waals surface area contributed by atoms with Gasteiger partial charge in [-0.25, -0.2) is 9.37 Å². The zero-order valence-corrected chi connectivity index (χ0v) is 17.8. The maximum atomic E-state index is 14.5. The molecule has 4 N–H and O–H groups in total. The first-order valence-corrected chi connectivity index (χ1v) is 10.6. The van der Waals surface area contributed by atoms with Crippen molar-refractivity contribution in [1.82, 2.24) is 10.5 Å². The van der Waals surface area contributed by atoms with E-state index in [9.17, 15) is 14.4 Å². The van der Waals surface area contributed by atoms with Crippen molar-refractivity contribution in [3.63, 3.8) is 0 Å². The molecule has 33 heavy (non-hydrogen) atoms. The van der Waals surface area contributed by atoms with E-state index in [1.807, 2.05) is 13.0 Å². The van der Waals surface area contributed by atoms with E-state index < -0.39 is 11.7 Å². The number of rotatable bonds is 6. The molecule has 8 nitrogen and oxygen atoms in total. The largest absolute Gasteiger partial charge is 0.489 e. The van der Waals surface area contributed by atoms with Crippen molar-refractivity contribution in [3.05, 3.63) is 65.5 Å². The standard InChI is InChI=1S/C24H21FN6O2/c1-13(14-2-3-14)33-22-9-5-17(10-16(22)12-26)27-24(32)18-11-15(4-6-19(18)25)20-7-8-21-23(28-20)30-31-29-21/h4-11,13-14,29,31H,2-3H2,1H3,(H,27,32)(H,28,30). The van der Waals surface area contributed by atoms with Gasteiger partial charge in [-0.3, -0.25) is 10.2 Å². The van der Waals surface area contributed by atoms with E-state index in [1.165, 1.54) is 18.2 Å². The maximum absolute atomic E-state index is 14.5. The van der Waals surface area contributed by atoms with E-state index in [4.69, 9.17) is 4.74 Å².